The molecule has 6 nitrogen and oxygen atoms in total. The van der Waals surface area contributed by atoms with Crippen molar-refractivity contribution < 1.29 is 9.90 Å². The average Bonchev–Trinajstić information content (AvgIpc) is 4.06. The molecule has 0 saturated heterocycles. The molecule has 2 aliphatic rings. The van der Waals surface area contributed by atoms with E-state index in [1.807, 2.05) is 85.0 Å². The zero-order valence-corrected chi connectivity index (χ0v) is 29.3. The first kappa shape index (κ1) is 32.9. The number of benzene rings is 4. The Labute approximate surface area is 317 Å². The third kappa shape index (κ3) is 6.88. The summed E-state index contributed by atoms with van der Waals surface area (Å²) in [4.78, 5) is 28.9. The lowest BCUT2D eigenvalue weighted by atomic mass is 10.0. The van der Waals surface area contributed by atoms with Crippen LogP contribution in [0.4, 0.5) is 0 Å². The number of rotatable bonds is 3. The lowest BCUT2D eigenvalue weighted by Crippen LogP contribution is -1.94. The molecule has 3 aromatic heterocycles. The molecule has 0 atom stereocenters. The molecule has 2 aliphatic heterocycles. The average molecular weight is 707 g/mol. The number of aromatic nitrogens is 4. The fourth-order valence-electron chi connectivity index (χ4n) is 6.70. The highest BCUT2D eigenvalue weighted by Crippen LogP contribution is 2.33. The Hall–Kier alpha value is -7.93. The normalized spacial score (nSPS) is 11.3. The number of aromatic carboxylic acids is 1. The van der Waals surface area contributed by atoms with Crippen LogP contribution < -0.4 is 0 Å². The van der Waals surface area contributed by atoms with Gasteiger partial charge in [-0.2, -0.15) is 0 Å². The topological polar surface area (TPSA) is 94.7 Å². The number of carboxylic acids is 1. The lowest BCUT2D eigenvalue weighted by molar-refractivity contribution is 0.0697. The molecule has 0 unspecified atom stereocenters. The van der Waals surface area contributed by atoms with Gasteiger partial charge in [-0.3, -0.25) is 0 Å². The van der Waals surface area contributed by atoms with Gasteiger partial charge in [-0.25, -0.2) is 14.8 Å². The van der Waals surface area contributed by atoms with Crippen molar-refractivity contribution >= 4 is 52.3 Å². The van der Waals surface area contributed by atoms with Crippen molar-refractivity contribution in [3.05, 3.63) is 190 Å². The third-order valence-electron chi connectivity index (χ3n) is 9.40. The highest BCUT2D eigenvalue weighted by Gasteiger charge is 2.17. The Morgan fingerprint density at radius 3 is 1.35 bits per heavy atom. The number of carbonyl (C=O) groups is 1. The van der Waals surface area contributed by atoms with Gasteiger partial charge in [0.15, 0.2) is 0 Å². The second kappa shape index (κ2) is 14.2. The van der Waals surface area contributed by atoms with Crippen LogP contribution in [0.1, 0.15) is 55.4 Å². The van der Waals surface area contributed by atoms with Crippen molar-refractivity contribution in [2.24, 2.45) is 0 Å². The zero-order valence-electron chi connectivity index (χ0n) is 29.3. The van der Waals surface area contributed by atoms with E-state index in [2.05, 4.69) is 88.2 Å². The SMILES string of the molecule is O=C(O)c1ccc(C#Cc2ccc(C#Cc3c4nc(c(-c5ccccc5)c5ccc(cc6ccc([nH]6)c(-c6ccccc6)c6nc3C=C6)[nH]5)C=C4)cc2)cc1. The van der Waals surface area contributed by atoms with Crippen molar-refractivity contribution in [1.82, 2.24) is 19.9 Å². The standard InChI is InChI=1S/C49H30N4O2/c54-49(55)37-20-17-34(18-21-37)16-13-32-11-14-33(15-12-32)19-24-40-41-27-29-45(52-41)47(35-7-3-1-4-8-35)43-25-22-38(50-43)31-39-23-26-44(51-39)48(36-9-5-2-6-10-36)46-30-28-42(40)53-46/h1-12,14-15,17-18,20-23,25-31,50-51H,(H,54,55). The van der Waals surface area contributed by atoms with Crippen LogP contribution in [0.25, 0.3) is 68.6 Å². The molecule has 0 saturated carbocycles. The Balaban J connectivity index is 1.22. The van der Waals surface area contributed by atoms with Gasteiger partial charge < -0.3 is 15.1 Å². The number of nitrogens with one attached hydrogen (secondary N) is 2. The Morgan fingerprint density at radius 1 is 0.473 bits per heavy atom. The Bertz CT molecular complexity index is 2850. The minimum absolute atomic E-state index is 0.229. The van der Waals surface area contributed by atoms with Gasteiger partial charge in [0, 0.05) is 49.9 Å². The van der Waals surface area contributed by atoms with Crippen LogP contribution in [0.5, 0.6) is 0 Å². The second-order valence-corrected chi connectivity index (χ2v) is 13.0. The van der Waals surface area contributed by atoms with Gasteiger partial charge in [-0.15, -0.1) is 0 Å². The van der Waals surface area contributed by atoms with Crippen LogP contribution in [0, 0.1) is 23.7 Å². The molecule has 8 bridgehead atoms. The number of nitrogens with zero attached hydrogens (tertiary/aromatic N) is 2. The maximum atomic E-state index is 11.2. The number of H-pyrrole nitrogens is 2. The van der Waals surface area contributed by atoms with Crippen molar-refractivity contribution in [2.75, 3.05) is 0 Å². The fraction of sp³-hybridized carbons (Fsp3) is 0. The van der Waals surface area contributed by atoms with Gasteiger partial charge in [-0.1, -0.05) is 84.3 Å². The highest BCUT2D eigenvalue weighted by molar-refractivity contribution is 5.94. The quantitative estimate of drug-likeness (QED) is 0.159. The molecule has 7 aromatic rings. The highest BCUT2D eigenvalue weighted by atomic mass is 16.4. The minimum atomic E-state index is -0.963. The largest absolute Gasteiger partial charge is 0.478 e. The molecule has 0 aliphatic carbocycles. The van der Waals surface area contributed by atoms with Crippen molar-refractivity contribution in [1.29, 1.82) is 0 Å². The monoisotopic (exact) mass is 706 g/mol. The summed E-state index contributed by atoms with van der Waals surface area (Å²) >= 11 is 0. The maximum Gasteiger partial charge on any atom is 0.335 e. The van der Waals surface area contributed by atoms with Crippen molar-refractivity contribution in [3.8, 4) is 45.9 Å². The number of hydrogen-bond acceptors (Lipinski definition) is 3. The smallest absolute Gasteiger partial charge is 0.335 e. The Kier molecular flexibility index (Phi) is 8.53. The van der Waals surface area contributed by atoms with E-state index in [0.717, 1.165) is 83.8 Å². The molecule has 55 heavy (non-hydrogen) atoms. The van der Waals surface area contributed by atoms with E-state index in [9.17, 15) is 4.79 Å². The summed E-state index contributed by atoms with van der Waals surface area (Å²) < 4.78 is 0. The van der Waals surface area contributed by atoms with E-state index >= 15 is 0 Å². The minimum Gasteiger partial charge on any atom is -0.478 e. The van der Waals surface area contributed by atoms with E-state index < -0.39 is 5.97 Å². The number of hydrogen-bond donors (Lipinski definition) is 3. The lowest BCUT2D eigenvalue weighted by Gasteiger charge is -2.04. The number of aromatic amines is 2. The molecule has 5 heterocycles. The van der Waals surface area contributed by atoms with E-state index in [1.165, 1.54) is 0 Å². The number of fused-ring (bicyclic) bond motifs is 8. The van der Waals surface area contributed by atoms with Gasteiger partial charge in [0.05, 0.1) is 33.9 Å². The van der Waals surface area contributed by atoms with Gasteiger partial charge >= 0.3 is 5.97 Å². The summed E-state index contributed by atoms with van der Waals surface area (Å²) in [6.07, 6.45) is 8.13. The summed E-state index contributed by atoms with van der Waals surface area (Å²) in [6, 6.07) is 45.3. The van der Waals surface area contributed by atoms with Crippen LogP contribution in [-0.4, -0.2) is 31.0 Å². The number of carboxylic acid groups (broad SMARTS) is 1. The molecular formula is C49H30N4O2. The molecule has 0 radical (unpaired) electrons. The molecule has 258 valence electrons. The Morgan fingerprint density at radius 2 is 0.891 bits per heavy atom. The van der Waals surface area contributed by atoms with Gasteiger partial charge in [0.2, 0.25) is 0 Å². The van der Waals surface area contributed by atoms with Crippen molar-refractivity contribution in [3.63, 3.8) is 0 Å². The molecule has 0 spiro atoms. The third-order valence-corrected chi connectivity index (χ3v) is 9.40. The van der Waals surface area contributed by atoms with Crippen LogP contribution in [0.2, 0.25) is 0 Å². The molecule has 9 rings (SSSR count). The maximum absolute atomic E-state index is 11.2. The summed E-state index contributed by atoms with van der Waals surface area (Å²) in [5.74, 6) is 12.1. The summed E-state index contributed by atoms with van der Waals surface area (Å²) in [7, 11) is 0. The molecule has 0 fully saturated rings. The first-order valence-corrected chi connectivity index (χ1v) is 17.8. The van der Waals surface area contributed by atoms with E-state index in [0.29, 0.717) is 5.56 Å². The van der Waals surface area contributed by atoms with E-state index in [4.69, 9.17) is 15.1 Å². The first-order chi connectivity index (χ1) is 27.0. The molecule has 3 N–H and O–H groups in total. The van der Waals surface area contributed by atoms with Gasteiger partial charge in [-0.05, 0) is 114 Å². The van der Waals surface area contributed by atoms with E-state index in [1.54, 1.807) is 24.3 Å². The van der Waals surface area contributed by atoms with Crippen LogP contribution in [0.15, 0.2) is 140 Å². The first-order valence-electron chi connectivity index (χ1n) is 17.8. The van der Waals surface area contributed by atoms with Crippen LogP contribution in [0.3, 0.4) is 0 Å². The van der Waals surface area contributed by atoms with Crippen molar-refractivity contribution in [2.45, 2.75) is 0 Å². The summed E-state index contributed by atoms with van der Waals surface area (Å²) in [6.45, 7) is 0. The van der Waals surface area contributed by atoms with Crippen LogP contribution >= 0.6 is 0 Å². The van der Waals surface area contributed by atoms with Gasteiger partial charge in [0.25, 0.3) is 0 Å². The molecule has 6 heteroatoms. The van der Waals surface area contributed by atoms with E-state index in [-0.39, 0.29) is 5.56 Å². The van der Waals surface area contributed by atoms with Crippen LogP contribution in [-0.2, 0) is 0 Å². The molecule has 4 aromatic carbocycles. The molecular weight excluding hydrogens is 677 g/mol. The fourth-order valence-corrected chi connectivity index (χ4v) is 6.70. The second-order valence-electron chi connectivity index (χ2n) is 13.0. The predicted octanol–water partition coefficient (Wildman–Crippen LogP) is 10.5. The predicted molar refractivity (Wildman–Crippen MR) is 222 cm³/mol. The summed E-state index contributed by atoms with van der Waals surface area (Å²) in [5.41, 5.74) is 14.4. The zero-order chi connectivity index (χ0) is 37.1. The summed E-state index contributed by atoms with van der Waals surface area (Å²) in [5, 5.41) is 9.17. The van der Waals surface area contributed by atoms with Gasteiger partial charge in [0.1, 0.15) is 0 Å². The molecule has 0 amide bonds.